The molecule has 0 bridgehead atoms. The quantitative estimate of drug-likeness (QED) is 0.846. The molecule has 6 heteroatoms. The molecule has 6 nitrogen and oxygen atoms in total. The molecule has 0 aliphatic carbocycles. The van der Waals surface area contributed by atoms with E-state index >= 15 is 0 Å². The first-order chi connectivity index (χ1) is 10.1. The molecule has 0 radical (unpaired) electrons. The van der Waals surface area contributed by atoms with E-state index in [0.29, 0.717) is 30.0 Å². The van der Waals surface area contributed by atoms with E-state index < -0.39 is 6.10 Å². The van der Waals surface area contributed by atoms with Gasteiger partial charge in [0.15, 0.2) is 11.5 Å². The van der Waals surface area contributed by atoms with E-state index in [0.717, 1.165) is 0 Å². The Bertz CT molecular complexity index is 505. The van der Waals surface area contributed by atoms with E-state index in [1.165, 1.54) is 14.2 Å². The summed E-state index contributed by atoms with van der Waals surface area (Å²) in [5, 5.41) is 19.1. The minimum Gasteiger partial charge on any atom is -0.493 e. The van der Waals surface area contributed by atoms with Crippen molar-refractivity contribution in [2.24, 2.45) is 5.92 Å². The molecule has 0 spiro atoms. The number of benzene rings is 1. The number of hydrogen-bond donors (Lipinski definition) is 2. The summed E-state index contributed by atoms with van der Waals surface area (Å²) in [6.07, 6.45) is -0.0932. The molecule has 0 aromatic heterocycles. The highest BCUT2D eigenvalue weighted by Crippen LogP contribution is 2.28. The number of rotatable bonds is 4. The van der Waals surface area contributed by atoms with Gasteiger partial charge in [-0.2, -0.15) is 0 Å². The third-order valence-corrected chi connectivity index (χ3v) is 3.87. The van der Waals surface area contributed by atoms with Gasteiger partial charge in [0.25, 0.3) is 5.91 Å². The third kappa shape index (κ3) is 3.28. The van der Waals surface area contributed by atoms with Crippen LogP contribution < -0.4 is 9.47 Å². The fourth-order valence-corrected chi connectivity index (χ4v) is 2.53. The Labute approximate surface area is 123 Å². The number of ether oxygens (including phenoxy) is 2. The Kier molecular flexibility index (Phi) is 5.03. The van der Waals surface area contributed by atoms with Crippen LogP contribution in [0.25, 0.3) is 0 Å². The summed E-state index contributed by atoms with van der Waals surface area (Å²) in [6, 6.07) is 4.99. The molecule has 0 saturated carbocycles. The molecular formula is C15H21NO5. The van der Waals surface area contributed by atoms with Crippen molar-refractivity contribution in [2.75, 3.05) is 33.9 Å². The number of carbonyl (C=O) groups is 1. The number of likely N-dealkylation sites (tertiary alicyclic amines) is 1. The summed E-state index contributed by atoms with van der Waals surface area (Å²) in [4.78, 5) is 14.1. The minimum absolute atomic E-state index is 0.0560. The lowest BCUT2D eigenvalue weighted by molar-refractivity contribution is 0.000866. The fraction of sp³-hybridized carbons (Fsp3) is 0.533. The van der Waals surface area contributed by atoms with Crippen molar-refractivity contribution < 1.29 is 24.5 Å². The molecule has 1 aromatic carbocycles. The Morgan fingerprint density at radius 2 is 2.05 bits per heavy atom. The molecule has 116 valence electrons. The summed E-state index contributed by atoms with van der Waals surface area (Å²) in [5.41, 5.74) is 0.488. The van der Waals surface area contributed by atoms with Gasteiger partial charge in [-0.15, -0.1) is 0 Å². The first kappa shape index (κ1) is 15.6. The zero-order chi connectivity index (χ0) is 15.4. The summed E-state index contributed by atoms with van der Waals surface area (Å²) >= 11 is 0. The standard InChI is InChI=1S/C15H21NO5/c1-20-13-4-3-10(7-14(13)21-2)15(19)16-6-5-11(9-17)12(18)8-16/h3-4,7,11-12,17-18H,5-6,8-9H2,1-2H3/t11-,12-/m1/s1. The van der Waals surface area contributed by atoms with Gasteiger partial charge >= 0.3 is 0 Å². The summed E-state index contributed by atoms with van der Waals surface area (Å²) in [7, 11) is 3.05. The number of nitrogens with zero attached hydrogens (tertiary/aromatic N) is 1. The van der Waals surface area contributed by atoms with Crippen LogP contribution >= 0.6 is 0 Å². The lowest BCUT2D eigenvalue weighted by Gasteiger charge is -2.35. The van der Waals surface area contributed by atoms with E-state index in [2.05, 4.69) is 0 Å². The second kappa shape index (κ2) is 6.78. The van der Waals surface area contributed by atoms with Crippen molar-refractivity contribution in [1.29, 1.82) is 0 Å². The number of carbonyl (C=O) groups excluding carboxylic acids is 1. The van der Waals surface area contributed by atoms with Crippen molar-refractivity contribution in [3.05, 3.63) is 23.8 Å². The van der Waals surface area contributed by atoms with Gasteiger partial charge in [0.2, 0.25) is 0 Å². The molecule has 1 aromatic rings. The second-order valence-corrected chi connectivity index (χ2v) is 5.12. The molecule has 1 fully saturated rings. The number of β-amino-alcohol motifs (C(OH)–C–C–N with tert-alkyl or cyclic N) is 1. The van der Waals surface area contributed by atoms with Crippen LogP contribution in [-0.4, -0.2) is 61.0 Å². The average molecular weight is 295 g/mol. The van der Waals surface area contributed by atoms with Gasteiger partial charge in [-0.3, -0.25) is 4.79 Å². The zero-order valence-electron chi connectivity index (χ0n) is 12.3. The van der Waals surface area contributed by atoms with Crippen LogP contribution in [0.1, 0.15) is 16.8 Å². The van der Waals surface area contributed by atoms with Gasteiger partial charge in [0, 0.05) is 31.2 Å². The Hall–Kier alpha value is -1.79. The first-order valence-corrected chi connectivity index (χ1v) is 6.91. The van der Waals surface area contributed by atoms with Crippen molar-refractivity contribution >= 4 is 5.91 Å². The zero-order valence-corrected chi connectivity index (χ0v) is 12.3. The van der Waals surface area contributed by atoms with E-state index in [1.54, 1.807) is 23.1 Å². The van der Waals surface area contributed by atoms with Gasteiger partial charge in [-0.05, 0) is 24.6 Å². The molecule has 2 rings (SSSR count). The van der Waals surface area contributed by atoms with Gasteiger partial charge in [0.1, 0.15) is 0 Å². The topological polar surface area (TPSA) is 79.2 Å². The first-order valence-electron chi connectivity index (χ1n) is 6.91. The average Bonchev–Trinajstić information content (AvgIpc) is 2.53. The van der Waals surface area contributed by atoms with Crippen LogP contribution in [0.2, 0.25) is 0 Å². The van der Waals surface area contributed by atoms with Crippen LogP contribution in [-0.2, 0) is 0 Å². The molecule has 21 heavy (non-hydrogen) atoms. The fourth-order valence-electron chi connectivity index (χ4n) is 2.53. The van der Waals surface area contributed by atoms with E-state index in [1.807, 2.05) is 0 Å². The van der Waals surface area contributed by atoms with E-state index in [4.69, 9.17) is 14.6 Å². The summed E-state index contributed by atoms with van der Waals surface area (Å²) < 4.78 is 10.3. The molecular weight excluding hydrogens is 274 g/mol. The SMILES string of the molecule is COc1ccc(C(=O)N2CC[C@H](CO)[C@H](O)C2)cc1OC. The number of piperidine rings is 1. The van der Waals surface area contributed by atoms with Crippen LogP contribution in [0.4, 0.5) is 0 Å². The van der Waals surface area contributed by atoms with Gasteiger partial charge in [-0.25, -0.2) is 0 Å². The molecule has 0 unspecified atom stereocenters. The third-order valence-electron chi connectivity index (χ3n) is 3.87. The monoisotopic (exact) mass is 295 g/mol. The van der Waals surface area contributed by atoms with Crippen molar-refractivity contribution in [3.63, 3.8) is 0 Å². The summed E-state index contributed by atoms with van der Waals surface area (Å²) in [5.74, 6) is 0.744. The Morgan fingerprint density at radius 3 is 2.62 bits per heavy atom. The maximum Gasteiger partial charge on any atom is 0.254 e. The minimum atomic E-state index is -0.687. The predicted octanol–water partition coefficient (Wildman–Crippen LogP) is 0.519. The number of hydrogen-bond acceptors (Lipinski definition) is 5. The van der Waals surface area contributed by atoms with E-state index in [-0.39, 0.29) is 25.0 Å². The molecule has 2 atom stereocenters. The number of aliphatic hydroxyl groups excluding tert-OH is 2. The summed E-state index contributed by atoms with van der Waals surface area (Å²) in [6.45, 7) is 0.702. The maximum atomic E-state index is 12.5. The maximum absolute atomic E-state index is 12.5. The molecule has 2 N–H and O–H groups in total. The van der Waals surface area contributed by atoms with Gasteiger partial charge in [-0.1, -0.05) is 0 Å². The van der Waals surface area contributed by atoms with E-state index in [9.17, 15) is 9.90 Å². The van der Waals surface area contributed by atoms with Gasteiger partial charge in [0.05, 0.1) is 20.3 Å². The number of amides is 1. The number of methoxy groups -OCH3 is 2. The molecule has 1 saturated heterocycles. The van der Waals surface area contributed by atoms with Crippen molar-refractivity contribution in [2.45, 2.75) is 12.5 Å². The highest BCUT2D eigenvalue weighted by atomic mass is 16.5. The van der Waals surface area contributed by atoms with Crippen LogP contribution in [0.3, 0.4) is 0 Å². The molecule has 1 aliphatic rings. The van der Waals surface area contributed by atoms with Crippen LogP contribution in [0, 0.1) is 5.92 Å². The van der Waals surface area contributed by atoms with Crippen molar-refractivity contribution in [3.8, 4) is 11.5 Å². The highest BCUT2D eigenvalue weighted by Gasteiger charge is 2.30. The van der Waals surface area contributed by atoms with Crippen LogP contribution in [0.15, 0.2) is 18.2 Å². The lowest BCUT2D eigenvalue weighted by Crippen LogP contribution is -2.47. The largest absolute Gasteiger partial charge is 0.493 e. The highest BCUT2D eigenvalue weighted by molar-refractivity contribution is 5.95. The second-order valence-electron chi connectivity index (χ2n) is 5.12. The van der Waals surface area contributed by atoms with Crippen molar-refractivity contribution in [1.82, 2.24) is 4.90 Å². The normalized spacial score (nSPS) is 22.0. The Morgan fingerprint density at radius 1 is 1.33 bits per heavy atom. The molecule has 1 amide bonds. The number of aliphatic hydroxyl groups is 2. The Balaban J connectivity index is 2.13. The molecule has 1 heterocycles. The predicted molar refractivity (Wildman–Crippen MR) is 76.6 cm³/mol. The van der Waals surface area contributed by atoms with Crippen LogP contribution in [0.5, 0.6) is 11.5 Å². The molecule has 1 aliphatic heterocycles. The van der Waals surface area contributed by atoms with Gasteiger partial charge < -0.3 is 24.6 Å². The lowest BCUT2D eigenvalue weighted by atomic mass is 9.94. The smallest absolute Gasteiger partial charge is 0.254 e.